The van der Waals surface area contributed by atoms with Crippen LogP contribution in [-0.4, -0.2) is 29.2 Å². The smallest absolute Gasteiger partial charge is 0.410 e. The van der Waals surface area contributed by atoms with Gasteiger partial charge in [-0.3, -0.25) is 0 Å². The lowest BCUT2D eigenvalue weighted by Crippen LogP contribution is -2.37. The Kier molecular flexibility index (Phi) is 3.72. The van der Waals surface area contributed by atoms with Crippen molar-refractivity contribution >= 4 is 6.09 Å². The van der Waals surface area contributed by atoms with Crippen molar-refractivity contribution in [3.63, 3.8) is 0 Å². The number of carbonyl (C=O) groups excluding carboxylic acids is 1. The third-order valence-corrected chi connectivity index (χ3v) is 5.37. The molecule has 2 aromatic rings. The zero-order chi connectivity index (χ0) is 17.4. The minimum Gasteiger partial charge on any atom is -0.445 e. The van der Waals surface area contributed by atoms with Crippen molar-refractivity contribution in [3.05, 3.63) is 53.4 Å². The number of hydrogen-bond acceptors (Lipinski definition) is 5. The molecule has 2 aliphatic rings. The second kappa shape index (κ2) is 5.92. The third kappa shape index (κ3) is 2.56. The molecule has 3 atom stereocenters. The minimum atomic E-state index is -0.619. The van der Waals surface area contributed by atoms with Gasteiger partial charge in [-0.25, -0.2) is 4.79 Å². The molecule has 1 saturated carbocycles. The number of likely N-dealkylation sites (tertiary alicyclic amines) is 1. The summed E-state index contributed by atoms with van der Waals surface area (Å²) in [5, 5.41) is 13.8. The quantitative estimate of drug-likeness (QED) is 0.860. The molecule has 6 heteroatoms. The molecule has 6 nitrogen and oxygen atoms in total. The van der Waals surface area contributed by atoms with E-state index in [0.717, 1.165) is 12.0 Å². The molecule has 1 amide bonds. The Morgan fingerprint density at radius 2 is 2.24 bits per heavy atom. The maximum atomic E-state index is 12.4. The van der Waals surface area contributed by atoms with Gasteiger partial charge in [0.05, 0.1) is 6.07 Å². The Hall–Kier alpha value is -2.81. The molecule has 1 saturated heterocycles. The van der Waals surface area contributed by atoms with Crippen molar-refractivity contribution < 1.29 is 14.1 Å². The molecule has 1 aromatic carbocycles. The summed E-state index contributed by atoms with van der Waals surface area (Å²) in [7, 11) is 0. The van der Waals surface area contributed by atoms with Gasteiger partial charge in [-0.1, -0.05) is 35.5 Å². The predicted octanol–water partition coefficient (Wildman–Crippen LogP) is 3.03. The number of amides is 1. The highest BCUT2D eigenvalue weighted by atomic mass is 16.6. The predicted molar refractivity (Wildman–Crippen MR) is 88.3 cm³/mol. The Morgan fingerprint density at radius 3 is 2.92 bits per heavy atom. The summed E-state index contributed by atoms with van der Waals surface area (Å²) in [5.41, 5.74) is 1.04. The standard InChI is InChI=1S/C19H19N3O3/c1-13-9-17(21-25-13)19(12-20)15-7-8-22(10-16(15)19)18(23)24-11-14-5-3-2-4-6-14/h2-6,9,15-16H,7-8,10-11H2,1H3. The molecule has 128 valence electrons. The molecule has 25 heavy (non-hydrogen) atoms. The summed E-state index contributed by atoms with van der Waals surface area (Å²) >= 11 is 0. The lowest BCUT2D eigenvalue weighted by molar-refractivity contribution is 0.0877. The highest BCUT2D eigenvalue weighted by Gasteiger charge is 2.69. The average Bonchev–Trinajstić information content (AvgIpc) is 3.11. The zero-order valence-electron chi connectivity index (χ0n) is 14.0. The first kappa shape index (κ1) is 15.7. The van der Waals surface area contributed by atoms with E-state index in [9.17, 15) is 10.1 Å². The Bertz CT molecular complexity index is 826. The third-order valence-electron chi connectivity index (χ3n) is 5.37. The molecular weight excluding hydrogens is 318 g/mol. The van der Waals surface area contributed by atoms with Crippen molar-refractivity contribution in [1.82, 2.24) is 10.1 Å². The van der Waals surface area contributed by atoms with Crippen LogP contribution in [0, 0.1) is 30.1 Å². The molecule has 3 unspecified atom stereocenters. The van der Waals surface area contributed by atoms with Gasteiger partial charge in [0.2, 0.25) is 0 Å². The maximum absolute atomic E-state index is 12.4. The molecule has 1 aliphatic carbocycles. The largest absolute Gasteiger partial charge is 0.445 e. The highest BCUT2D eigenvalue weighted by molar-refractivity contribution is 5.68. The fraction of sp³-hybridized carbons (Fsp3) is 0.421. The summed E-state index contributed by atoms with van der Waals surface area (Å²) in [6.45, 7) is 3.21. The normalized spacial score (nSPS) is 27.3. The van der Waals surface area contributed by atoms with E-state index < -0.39 is 5.41 Å². The number of hydrogen-bond donors (Lipinski definition) is 0. The summed E-state index contributed by atoms with van der Waals surface area (Å²) in [6, 6.07) is 13.9. The average molecular weight is 337 g/mol. The Balaban J connectivity index is 1.41. The summed E-state index contributed by atoms with van der Waals surface area (Å²) < 4.78 is 10.6. The first-order chi connectivity index (χ1) is 12.1. The van der Waals surface area contributed by atoms with Crippen LogP contribution >= 0.6 is 0 Å². The second-order valence-electron chi connectivity index (χ2n) is 6.79. The molecule has 0 N–H and O–H groups in total. The van der Waals surface area contributed by atoms with Gasteiger partial charge in [0.1, 0.15) is 23.5 Å². The van der Waals surface area contributed by atoms with Crippen LogP contribution in [0.2, 0.25) is 0 Å². The van der Waals surface area contributed by atoms with E-state index in [2.05, 4.69) is 11.2 Å². The van der Waals surface area contributed by atoms with Crippen molar-refractivity contribution in [2.45, 2.75) is 25.4 Å². The molecule has 2 heterocycles. The Morgan fingerprint density at radius 1 is 1.44 bits per heavy atom. The van der Waals surface area contributed by atoms with Crippen LogP contribution in [0.25, 0.3) is 0 Å². The number of rotatable bonds is 3. The van der Waals surface area contributed by atoms with E-state index in [1.54, 1.807) is 4.90 Å². The summed E-state index contributed by atoms with van der Waals surface area (Å²) in [5.74, 6) is 1.03. The van der Waals surface area contributed by atoms with Gasteiger partial charge >= 0.3 is 6.09 Å². The van der Waals surface area contributed by atoms with Crippen LogP contribution < -0.4 is 0 Å². The number of piperidine rings is 1. The van der Waals surface area contributed by atoms with Gasteiger partial charge in [0.25, 0.3) is 0 Å². The van der Waals surface area contributed by atoms with Crippen molar-refractivity contribution in [2.24, 2.45) is 11.8 Å². The topological polar surface area (TPSA) is 79.4 Å². The molecule has 2 fully saturated rings. The maximum Gasteiger partial charge on any atom is 0.410 e. The monoisotopic (exact) mass is 337 g/mol. The zero-order valence-corrected chi connectivity index (χ0v) is 14.0. The number of nitrogens with zero attached hydrogens (tertiary/aromatic N) is 3. The van der Waals surface area contributed by atoms with Gasteiger partial charge in [0.15, 0.2) is 0 Å². The molecule has 0 bridgehead atoms. The van der Waals surface area contributed by atoms with Crippen molar-refractivity contribution in [1.29, 1.82) is 5.26 Å². The summed E-state index contributed by atoms with van der Waals surface area (Å²) in [4.78, 5) is 14.1. The van der Waals surface area contributed by atoms with E-state index in [1.165, 1.54) is 0 Å². The van der Waals surface area contributed by atoms with Crippen LogP contribution in [0.4, 0.5) is 4.79 Å². The minimum absolute atomic E-state index is 0.0972. The molecular formula is C19H19N3O3. The summed E-state index contributed by atoms with van der Waals surface area (Å²) in [6.07, 6.45) is 0.460. The number of nitriles is 1. The first-order valence-corrected chi connectivity index (χ1v) is 8.46. The van der Waals surface area contributed by atoms with Crippen LogP contribution in [0.3, 0.4) is 0 Å². The van der Waals surface area contributed by atoms with Crippen molar-refractivity contribution in [2.75, 3.05) is 13.1 Å². The van der Waals surface area contributed by atoms with Crippen LogP contribution in [0.5, 0.6) is 0 Å². The highest BCUT2D eigenvalue weighted by Crippen LogP contribution is 2.62. The number of aryl methyl sites for hydroxylation is 1. The van der Waals surface area contributed by atoms with E-state index in [0.29, 0.717) is 24.5 Å². The van der Waals surface area contributed by atoms with Gasteiger partial charge in [0, 0.05) is 25.1 Å². The number of fused-ring (bicyclic) bond motifs is 1. The van der Waals surface area contributed by atoms with Gasteiger partial charge in [-0.2, -0.15) is 5.26 Å². The molecule has 4 rings (SSSR count). The van der Waals surface area contributed by atoms with Crippen LogP contribution in [0.15, 0.2) is 40.9 Å². The lowest BCUT2D eigenvalue weighted by Gasteiger charge is -2.25. The van der Waals surface area contributed by atoms with E-state index >= 15 is 0 Å². The molecule has 0 spiro atoms. The fourth-order valence-electron chi connectivity index (χ4n) is 4.00. The SMILES string of the molecule is Cc1cc(C2(C#N)C3CCN(C(=O)OCc4ccccc4)CC32)no1. The van der Waals surface area contributed by atoms with E-state index in [4.69, 9.17) is 9.26 Å². The van der Waals surface area contributed by atoms with E-state index in [1.807, 2.05) is 43.3 Å². The number of ether oxygens (including phenoxy) is 1. The van der Waals surface area contributed by atoms with Gasteiger partial charge in [-0.15, -0.1) is 0 Å². The van der Waals surface area contributed by atoms with Crippen molar-refractivity contribution in [3.8, 4) is 6.07 Å². The lowest BCUT2D eigenvalue weighted by atomic mass is 9.98. The van der Waals surface area contributed by atoms with Crippen LogP contribution in [0.1, 0.15) is 23.4 Å². The number of carbonyl (C=O) groups is 1. The Labute approximate surface area is 146 Å². The molecule has 1 aromatic heterocycles. The number of aromatic nitrogens is 1. The second-order valence-corrected chi connectivity index (χ2v) is 6.79. The fourth-order valence-corrected chi connectivity index (χ4v) is 4.00. The first-order valence-electron chi connectivity index (χ1n) is 8.46. The number of benzene rings is 1. The van der Waals surface area contributed by atoms with E-state index in [-0.39, 0.29) is 24.5 Å². The molecule has 1 aliphatic heterocycles. The molecule has 0 radical (unpaired) electrons. The van der Waals surface area contributed by atoms with Gasteiger partial charge < -0.3 is 14.2 Å². The van der Waals surface area contributed by atoms with Gasteiger partial charge in [-0.05, 0) is 24.8 Å². The van der Waals surface area contributed by atoms with Crippen LogP contribution in [-0.2, 0) is 16.8 Å².